The fourth-order valence-corrected chi connectivity index (χ4v) is 4.18. The van der Waals surface area contributed by atoms with Gasteiger partial charge in [0, 0.05) is 30.0 Å². The molecule has 3 aliphatic heterocycles. The highest BCUT2D eigenvalue weighted by atomic mass is 15.2. The molecule has 4 nitrogen and oxygen atoms in total. The largest absolute Gasteiger partial charge is 0.350 e. The molecule has 126 valence electrons. The first-order valence-electron chi connectivity index (χ1n) is 9.16. The van der Waals surface area contributed by atoms with Gasteiger partial charge in [0.05, 0.1) is 0 Å². The van der Waals surface area contributed by atoms with Crippen LogP contribution >= 0.6 is 0 Å². The van der Waals surface area contributed by atoms with Crippen LogP contribution in [0.15, 0.2) is 36.7 Å². The number of nitrogens with zero attached hydrogens (tertiary/aromatic N) is 3. The van der Waals surface area contributed by atoms with Gasteiger partial charge in [-0.3, -0.25) is 4.90 Å². The second-order valence-electron chi connectivity index (χ2n) is 7.13. The minimum absolute atomic E-state index is 0.474. The Bertz CT molecular complexity index is 670. The van der Waals surface area contributed by atoms with Crippen LogP contribution < -0.4 is 5.32 Å². The van der Waals surface area contributed by atoms with Crippen molar-refractivity contribution in [2.75, 3.05) is 18.4 Å². The minimum atomic E-state index is 0.474. The molecular weight excluding hydrogens is 296 g/mol. The van der Waals surface area contributed by atoms with Crippen LogP contribution in [0.1, 0.15) is 32.3 Å². The molecule has 1 aromatic heterocycles. The highest BCUT2D eigenvalue weighted by molar-refractivity contribution is 5.62. The quantitative estimate of drug-likeness (QED) is 0.934. The molecule has 0 radical (unpaired) electrons. The molecule has 0 amide bonds. The standard InChI is InChI=1S/C20H26N4/c1-3-15-4-6-16(7-5-15)18-12-21-20(22-13-18)23-19-14(2)24-10-8-17(19)9-11-24/h4-7,12-14,17,19H,3,8-11H2,1-2H3,(H,21,22,23). The summed E-state index contributed by atoms with van der Waals surface area (Å²) in [6.45, 7) is 7.00. The molecule has 24 heavy (non-hydrogen) atoms. The van der Waals surface area contributed by atoms with Gasteiger partial charge in [0.1, 0.15) is 0 Å². The van der Waals surface area contributed by atoms with Crippen LogP contribution in [0.2, 0.25) is 0 Å². The lowest BCUT2D eigenvalue weighted by Crippen LogP contribution is -2.59. The summed E-state index contributed by atoms with van der Waals surface area (Å²) in [5, 5.41) is 3.60. The summed E-state index contributed by atoms with van der Waals surface area (Å²) < 4.78 is 0. The van der Waals surface area contributed by atoms with Crippen molar-refractivity contribution >= 4 is 5.95 Å². The summed E-state index contributed by atoms with van der Waals surface area (Å²) in [5.41, 5.74) is 3.61. The Hall–Kier alpha value is -1.94. The Labute approximate surface area is 144 Å². The summed E-state index contributed by atoms with van der Waals surface area (Å²) in [6.07, 6.45) is 7.52. The SMILES string of the molecule is CCc1ccc(-c2cnc(NC3C4CCN(CC4)C3C)nc2)cc1. The van der Waals surface area contributed by atoms with Gasteiger partial charge in [-0.2, -0.15) is 0 Å². The van der Waals surface area contributed by atoms with Crippen LogP contribution in [0, 0.1) is 5.92 Å². The third-order valence-corrected chi connectivity index (χ3v) is 5.82. The highest BCUT2D eigenvalue weighted by Crippen LogP contribution is 2.33. The van der Waals surface area contributed by atoms with Gasteiger partial charge < -0.3 is 5.32 Å². The maximum atomic E-state index is 4.57. The average Bonchev–Trinajstić information content (AvgIpc) is 2.66. The smallest absolute Gasteiger partial charge is 0.222 e. The van der Waals surface area contributed by atoms with E-state index in [0.29, 0.717) is 12.1 Å². The van der Waals surface area contributed by atoms with Gasteiger partial charge in [-0.1, -0.05) is 31.2 Å². The summed E-state index contributed by atoms with van der Waals surface area (Å²) in [4.78, 5) is 11.7. The van der Waals surface area contributed by atoms with Crippen LogP contribution in [0.25, 0.3) is 11.1 Å². The molecule has 2 bridgehead atoms. The first-order chi connectivity index (χ1) is 11.7. The van der Waals surface area contributed by atoms with E-state index in [1.807, 2.05) is 12.4 Å². The van der Waals surface area contributed by atoms with Gasteiger partial charge >= 0.3 is 0 Å². The molecule has 2 atom stereocenters. The van der Waals surface area contributed by atoms with Crippen molar-refractivity contribution in [3.8, 4) is 11.1 Å². The normalized spacial score (nSPS) is 28.8. The molecule has 4 heteroatoms. The fourth-order valence-electron chi connectivity index (χ4n) is 4.18. The number of aryl methyl sites for hydroxylation is 1. The number of fused-ring (bicyclic) bond motifs is 3. The molecule has 2 unspecified atom stereocenters. The maximum absolute atomic E-state index is 4.57. The molecule has 2 aromatic rings. The number of rotatable bonds is 4. The van der Waals surface area contributed by atoms with E-state index in [-0.39, 0.29) is 0 Å². The molecular formula is C20H26N4. The van der Waals surface area contributed by atoms with Crippen molar-refractivity contribution in [1.29, 1.82) is 0 Å². The topological polar surface area (TPSA) is 41.1 Å². The number of nitrogens with one attached hydrogen (secondary N) is 1. The Kier molecular flexibility index (Phi) is 4.23. The van der Waals surface area contributed by atoms with Crippen molar-refractivity contribution < 1.29 is 0 Å². The Balaban J connectivity index is 1.47. The molecule has 3 aliphatic rings. The van der Waals surface area contributed by atoms with Crippen LogP contribution in [-0.4, -0.2) is 40.0 Å². The third-order valence-electron chi connectivity index (χ3n) is 5.82. The predicted octanol–water partition coefficient (Wildman–Crippen LogP) is 3.60. The summed E-state index contributed by atoms with van der Waals surface area (Å²) in [7, 11) is 0. The summed E-state index contributed by atoms with van der Waals surface area (Å²) in [5.74, 6) is 1.52. The average molecular weight is 322 g/mol. The number of hydrogen-bond acceptors (Lipinski definition) is 4. The monoisotopic (exact) mass is 322 g/mol. The molecule has 4 heterocycles. The second-order valence-corrected chi connectivity index (χ2v) is 7.13. The molecule has 0 aliphatic carbocycles. The predicted molar refractivity (Wildman–Crippen MR) is 98.0 cm³/mol. The lowest BCUT2D eigenvalue weighted by atomic mass is 9.79. The minimum Gasteiger partial charge on any atom is -0.350 e. The van der Waals surface area contributed by atoms with E-state index in [1.165, 1.54) is 37.1 Å². The van der Waals surface area contributed by atoms with Crippen molar-refractivity contribution in [3.63, 3.8) is 0 Å². The van der Waals surface area contributed by atoms with E-state index in [9.17, 15) is 0 Å². The lowest BCUT2D eigenvalue weighted by molar-refractivity contribution is 0.0455. The van der Waals surface area contributed by atoms with E-state index >= 15 is 0 Å². The van der Waals surface area contributed by atoms with Gasteiger partial charge in [-0.05, 0) is 56.3 Å². The Morgan fingerprint density at radius 2 is 1.71 bits per heavy atom. The van der Waals surface area contributed by atoms with Gasteiger partial charge in [-0.25, -0.2) is 9.97 Å². The Morgan fingerprint density at radius 3 is 2.29 bits per heavy atom. The molecule has 0 saturated carbocycles. The van der Waals surface area contributed by atoms with Crippen molar-refractivity contribution in [2.24, 2.45) is 5.92 Å². The lowest BCUT2D eigenvalue weighted by Gasteiger charge is -2.49. The zero-order valence-corrected chi connectivity index (χ0v) is 14.6. The zero-order chi connectivity index (χ0) is 16.5. The van der Waals surface area contributed by atoms with Crippen LogP contribution in [0.3, 0.4) is 0 Å². The number of benzene rings is 1. The molecule has 3 fully saturated rings. The molecule has 3 saturated heterocycles. The van der Waals surface area contributed by atoms with Gasteiger partial charge in [0.25, 0.3) is 0 Å². The van der Waals surface area contributed by atoms with Gasteiger partial charge in [0.15, 0.2) is 0 Å². The highest BCUT2D eigenvalue weighted by Gasteiger charge is 2.39. The summed E-state index contributed by atoms with van der Waals surface area (Å²) in [6, 6.07) is 9.71. The summed E-state index contributed by atoms with van der Waals surface area (Å²) >= 11 is 0. The molecule has 1 N–H and O–H groups in total. The van der Waals surface area contributed by atoms with E-state index < -0.39 is 0 Å². The Morgan fingerprint density at radius 1 is 1.04 bits per heavy atom. The number of hydrogen-bond donors (Lipinski definition) is 1. The first-order valence-corrected chi connectivity index (χ1v) is 9.16. The van der Waals surface area contributed by atoms with Crippen molar-refractivity contribution in [1.82, 2.24) is 14.9 Å². The number of anilines is 1. The molecule has 5 rings (SSSR count). The fraction of sp³-hybridized carbons (Fsp3) is 0.500. The van der Waals surface area contributed by atoms with E-state index in [4.69, 9.17) is 0 Å². The number of aromatic nitrogens is 2. The first kappa shape index (κ1) is 15.6. The molecule has 0 spiro atoms. The third kappa shape index (κ3) is 2.91. The van der Waals surface area contributed by atoms with Crippen LogP contribution in [0.5, 0.6) is 0 Å². The molecule has 1 aromatic carbocycles. The van der Waals surface area contributed by atoms with E-state index in [1.54, 1.807) is 0 Å². The van der Waals surface area contributed by atoms with Crippen molar-refractivity contribution in [3.05, 3.63) is 42.2 Å². The second kappa shape index (κ2) is 6.52. The zero-order valence-electron chi connectivity index (χ0n) is 14.6. The van der Waals surface area contributed by atoms with Crippen molar-refractivity contribution in [2.45, 2.75) is 45.2 Å². The maximum Gasteiger partial charge on any atom is 0.222 e. The van der Waals surface area contributed by atoms with E-state index in [2.05, 4.69) is 58.3 Å². The van der Waals surface area contributed by atoms with Crippen LogP contribution in [0.4, 0.5) is 5.95 Å². The van der Waals surface area contributed by atoms with E-state index in [0.717, 1.165) is 23.9 Å². The van der Waals surface area contributed by atoms with Gasteiger partial charge in [0.2, 0.25) is 5.95 Å². The van der Waals surface area contributed by atoms with Gasteiger partial charge in [-0.15, -0.1) is 0 Å². The van der Waals surface area contributed by atoms with Crippen LogP contribution in [-0.2, 0) is 6.42 Å². The number of piperidine rings is 3.